The van der Waals surface area contributed by atoms with Crippen LogP contribution in [0.1, 0.15) is 24.2 Å². The first-order valence-electron chi connectivity index (χ1n) is 7.60. The molecule has 0 aromatic heterocycles. The molecule has 0 fully saturated rings. The molecular weight excluding hydrogens is 365 g/mol. The fourth-order valence-corrected chi connectivity index (χ4v) is 2.45. The first-order chi connectivity index (χ1) is 11.9. The average molecular weight is 382 g/mol. The molecule has 2 aromatic rings. The molecule has 5 nitrogen and oxygen atoms in total. The standard InChI is InChI=1S/C18H17Cl2NO4/c1-3-24-18(23)15-8-7-13(10-16(15)20)21-17(22)11(2)25-14-6-4-5-12(19)9-14/h4-11H,3H2,1-2H3,(H,21,22)/t11-/m0/s1. The molecule has 2 rings (SSSR count). The van der Waals surface area contributed by atoms with Crippen LogP contribution in [0.2, 0.25) is 10.0 Å². The zero-order valence-corrected chi connectivity index (χ0v) is 15.2. The van der Waals surface area contributed by atoms with Gasteiger partial charge in [0.05, 0.1) is 17.2 Å². The summed E-state index contributed by atoms with van der Waals surface area (Å²) < 4.78 is 10.5. The van der Waals surface area contributed by atoms with E-state index in [9.17, 15) is 9.59 Å². The Kier molecular flexibility index (Phi) is 6.67. The second kappa shape index (κ2) is 8.74. The van der Waals surface area contributed by atoms with Gasteiger partial charge in [0.15, 0.2) is 6.10 Å². The summed E-state index contributed by atoms with van der Waals surface area (Å²) in [5, 5.41) is 3.40. The first-order valence-corrected chi connectivity index (χ1v) is 8.36. The number of amides is 1. The Bertz CT molecular complexity index is 779. The molecule has 25 heavy (non-hydrogen) atoms. The molecule has 0 radical (unpaired) electrons. The van der Waals surface area contributed by atoms with Gasteiger partial charge >= 0.3 is 5.97 Å². The predicted octanol–water partition coefficient (Wildman–Crippen LogP) is 4.58. The van der Waals surface area contributed by atoms with E-state index in [2.05, 4.69) is 5.32 Å². The summed E-state index contributed by atoms with van der Waals surface area (Å²) in [7, 11) is 0. The smallest absolute Gasteiger partial charge is 0.339 e. The lowest BCUT2D eigenvalue weighted by molar-refractivity contribution is -0.122. The highest BCUT2D eigenvalue weighted by Gasteiger charge is 2.17. The number of benzene rings is 2. The summed E-state index contributed by atoms with van der Waals surface area (Å²) in [4.78, 5) is 23.9. The third kappa shape index (κ3) is 5.37. The van der Waals surface area contributed by atoms with Gasteiger partial charge in [0.1, 0.15) is 5.75 Å². The molecule has 1 N–H and O–H groups in total. The molecule has 0 aliphatic heterocycles. The van der Waals surface area contributed by atoms with Crippen molar-refractivity contribution in [2.45, 2.75) is 20.0 Å². The van der Waals surface area contributed by atoms with Crippen LogP contribution in [0.5, 0.6) is 5.75 Å². The zero-order chi connectivity index (χ0) is 18.4. The van der Waals surface area contributed by atoms with Crippen LogP contribution in [0.3, 0.4) is 0 Å². The highest BCUT2D eigenvalue weighted by atomic mass is 35.5. The van der Waals surface area contributed by atoms with Crippen molar-refractivity contribution in [3.05, 3.63) is 58.1 Å². The normalized spacial score (nSPS) is 11.5. The number of nitrogens with one attached hydrogen (secondary N) is 1. The SMILES string of the molecule is CCOC(=O)c1ccc(NC(=O)[C@H](C)Oc2cccc(Cl)c2)cc1Cl. The third-order valence-corrected chi connectivity index (χ3v) is 3.76. The summed E-state index contributed by atoms with van der Waals surface area (Å²) in [6.07, 6.45) is -0.748. The van der Waals surface area contributed by atoms with Crippen molar-refractivity contribution >= 4 is 40.8 Å². The van der Waals surface area contributed by atoms with Crippen molar-refractivity contribution in [3.63, 3.8) is 0 Å². The largest absolute Gasteiger partial charge is 0.481 e. The van der Waals surface area contributed by atoms with Gasteiger partial charge in [-0.2, -0.15) is 0 Å². The predicted molar refractivity (Wildman–Crippen MR) is 97.6 cm³/mol. The molecule has 1 atom stereocenters. The zero-order valence-electron chi connectivity index (χ0n) is 13.7. The molecule has 132 valence electrons. The van der Waals surface area contributed by atoms with Crippen LogP contribution in [-0.2, 0) is 9.53 Å². The lowest BCUT2D eigenvalue weighted by Gasteiger charge is -2.15. The summed E-state index contributed by atoms with van der Waals surface area (Å²) in [5.74, 6) is -0.381. The van der Waals surface area contributed by atoms with Gasteiger partial charge in [0.25, 0.3) is 5.91 Å². The number of carbonyl (C=O) groups is 2. The fraction of sp³-hybridized carbons (Fsp3) is 0.222. The monoisotopic (exact) mass is 381 g/mol. The maximum atomic E-state index is 12.2. The van der Waals surface area contributed by atoms with Crippen LogP contribution in [-0.4, -0.2) is 24.6 Å². The van der Waals surface area contributed by atoms with Crippen molar-refractivity contribution in [2.24, 2.45) is 0 Å². The molecule has 2 aromatic carbocycles. The van der Waals surface area contributed by atoms with E-state index in [-0.39, 0.29) is 23.1 Å². The second-order valence-corrected chi connectivity index (χ2v) is 5.97. The van der Waals surface area contributed by atoms with Crippen LogP contribution in [0, 0.1) is 0 Å². The third-order valence-electron chi connectivity index (χ3n) is 3.21. The first kappa shape index (κ1) is 19.1. The van der Waals surface area contributed by atoms with Crippen LogP contribution < -0.4 is 10.1 Å². The molecule has 0 saturated carbocycles. The van der Waals surface area contributed by atoms with Crippen molar-refractivity contribution in [2.75, 3.05) is 11.9 Å². The van der Waals surface area contributed by atoms with Gasteiger partial charge in [-0.1, -0.05) is 29.3 Å². The number of ether oxygens (including phenoxy) is 2. The Balaban J connectivity index is 2.02. The summed E-state index contributed by atoms with van der Waals surface area (Å²) in [5.41, 5.74) is 0.689. The average Bonchev–Trinajstić information content (AvgIpc) is 2.55. The van der Waals surface area contributed by atoms with Crippen LogP contribution in [0.15, 0.2) is 42.5 Å². The van der Waals surface area contributed by atoms with E-state index in [1.807, 2.05) is 0 Å². The van der Waals surface area contributed by atoms with E-state index in [0.717, 1.165) is 0 Å². The minimum absolute atomic E-state index is 0.194. The Hall–Kier alpha value is -2.24. The van der Waals surface area contributed by atoms with Crippen molar-refractivity contribution < 1.29 is 19.1 Å². The number of anilines is 1. The van der Waals surface area contributed by atoms with Gasteiger partial charge in [-0.25, -0.2) is 4.79 Å². The fourth-order valence-electron chi connectivity index (χ4n) is 2.01. The Labute approximate surface area is 155 Å². The number of hydrogen-bond acceptors (Lipinski definition) is 4. The molecule has 0 unspecified atom stereocenters. The number of halogens is 2. The topological polar surface area (TPSA) is 64.6 Å². The van der Waals surface area contributed by atoms with E-state index >= 15 is 0 Å². The minimum atomic E-state index is -0.748. The maximum Gasteiger partial charge on any atom is 0.339 e. The lowest BCUT2D eigenvalue weighted by Crippen LogP contribution is -2.30. The molecule has 0 bridgehead atoms. The highest BCUT2D eigenvalue weighted by Crippen LogP contribution is 2.23. The molecule has 0 saturated heterocycles. The van der Waals surface area contributed by atoms with Crippen LogP contribution in [0.4, 0.5) is 5.69 Å². The van der Waals surface area contributed by atoms with Crippen molar-refractivity contribution in [1.82, 2.24) is 0 Å². The van der Waals surface area contributed by atoms with Crippen molar-refractivity contribution in [1.29, 1.82) is 0 Å². The summed E-state index contributed by atoms with van der Waals surface area (Å²) in [6.45, 7) is 3.58. The minimum Gasteiger partial charge on any atom is -0.481 e. The molecule has 0 aliphatic rings. The number of rotatable bonds is 6. The lowest BCUT2D eigenvalue weighted by atomic mass is 10.2. The molecule has 0 spiro atoms. The Morgan fingerprint density at radius 3 is 2.56 bits per heavy atom. The highest BCUT2D eigenvalue weighted by molar-refractivity contribution is 6.34. The number of hydrogen-bond donors (Lipinski definition) is 1. The van der Waals surface area contributed by atoms with Gasteiger partial charge in [-0.05, 0) is 50.2 Å². The number of esters is 1. The van der Waals surface area contributed by atoms with Crippen LogP contribution >= 0.6 is 23.2 Å². The van der Waals surface area contributed by atoms with Crippen LogP contribution in [0.25, 0.3) is 0 Å². The molecular formula is C18H17Cl2NO4. The molecule has 1 amide bonds. The van der Waals surface area contributed by atoms with E-state index in [0.29, 0.717) is 16.5 Å². The molecule has 7 heteroatoms. The maximum absolute atomic E-state index is 12.2. The van der Waals surface area contributed by atoms with Gasteiger partial charge in [-0.3, -0.25) is 4.79 Å². The second-order valence-electron chi connectivity index (χ2n) is 5.12. The number of carbonyl (C=O) groups excluding carboxylic acids is 2. The van der Waals surface area contributed by atoms with E-state index in [1.165, 1.54) is 12.1 Å². The van der Waals surface area contributed by atoms with E-state index in [1.54, 1.807) is 44.2 Å². The van der Waals surface area contributed by atoms with Crippen molar-refractivity contribution in [3.8, 4) is 5.75 Å². The molecule has 0 heterocycles. The van der Waals surface area contributed by atoms with Gasteiger partial charge in [0, 0.05) is 10.7 Å². The van der Waals surface area contributed by atoms with Gasteiger partial charge < -0.3 is 14.8 Å². The van der Waals surface area contributed by atoms with Gasteiger partial charge in [0.2, 0.25) is 0 Å². The quantitative estimate of drug-likeness (QED) is 0.743. The Morgan fingerprint density at radius 1 is 1.16 bits per heavy atom. The Morgan fingerprint density at radius 2 is 1.92 bits per heavy atom. The molecule has 0 aliphatic carbocycles. The van der Waals surface area contributed by atoms with E-state index in [4.69, 9.17) is 32.7 Å². The van der Waals surface area contributed by atoms with Gasteiger partial charge in [-0.15, -0.1) is 0 Å². The summed E-state index contributed by atoms with van der Waals surface area (Å²) >= 11 is 12.0. The van der Waals surface area contributed by atoms with E-state index < -0.39 is 12.1 Å². The summed E-state index contributed by atoms with van der Waals surface area (Å²) in [6, 6.07) is 11.3.